The van der Waals surface area contributed by atoms with Crippen molar-refractivity contribution in [3.05, 3.63) is 17.5 Å². The summed E-state index contributed by atoms with van der Waals surface area (Å²) >= 11 is 0. The highest BCUT2D eigenvalue weighted by atomic mass is 15.1. The van der Waals surface area contributed by atoms with Crippen LogP contribution in [0.25, 0.3) is 0 Å². The molecule has 2 rings (SSSR count). The van der Waals surface area contributed by atoms with Gasteiger partial charge in [-0.2, -0.15) is 5.10 Å². The first-order valence-electron chi connectivity index (χ1n) is 5.03. The molecule has 1 unspecified atom stereocenters. The standard InChI is InChI=1S/C10H17N3/c1-7(5-11)4-9-6-12-13-10(9)8-2-3-8/h6-8H,2-5,11H2,1H3,(H,12,13). The van der Waals surface area contributed by atoms with Crippen molar-refractivity contribution < 1.29 is 0 Å². The van der Waals surface area contributed by atoms with E-state index >= 15 is 0 Å². The predicted octanol–water partition coefficient (Wildman–Crippen LogP) is 1.42. The molecule has 1 aliphatic rings. The number of nitrogens with one attached hydrogen (secondary N) is 1. The summed E-state index contributed by atoms with van der Waals surface area (Å²) in [6.07, 6.45) is 5.68. The second kappa shape index (κ2) is 3.50. The van der Waals surface area contributed by atoms with Gasteiger partial charge in [0.1, 0.15) is 0 Å². The number of nitrogens with zero attached hydrogens (tertiary/aromatic N) is 1. The zero-order chi connectivity index (χ0) is 9.26. The minimum atomic E-state index is 0.565. The molecule has 1 saturated carbocycles. The first-order valence-corrected chi connectivity index (χ1v) is 5.03. The predicted molar refractivity (Wildman–Crippen MR) is 52.5 cm³/mol. The monoisotopic (exact) mass is 179 g/mol. The van der Waals surface area contributed by atoms with E-state index in [1.54, 1.807) is 0 Å². The number of hydrogen-bond acceptors (Lipinski definition) is 2. The third-order valence-corrected chi connectivity index (χ3v) is 2.71. The van der Waals surface area contributed by atoms with E-state index in [4.69, 9.17) is 5.73 Å². The van der Waals surface area contributed by atoms with E-state index in [9.17, 15) is 0 Å². The molecule has 1 aromatic heterocycles. The molecule has 72 valence electrons. The van der Waals surface area contributed by atoms with Crippen molar-refractivity contribution in [2.45, 2.75) is 32.1 Å². The molecule has 1 aromatic rings. The van der Waals surface area contributed by atoms with Crippen LogP contribution >= 0.6 is 0 Å². The van der Waals surface area contributed by atoms with E-state index in [1.165, 1.54) is 24.1 Å². The number of aromatic amines is 1. The Labute approximate surface area is 78.7 Å². The molecular weight excluding hydrogens is 162 g/mol. The molecule has 0 spiro atoms. The summed E-state index contributed by atoms with van der Waals surface area (Å²) in [6, 6.07) is 0. The fourth-order valence-electron chi connectivity index (χ4n) is 1.67. The molecule has 0 amide bonds. The summed E-state index contributed by atoms with van der Waals surface area (Å²) in [5.74, 6) is 1.33. The summed E-state index contributed by atoms with van der Waals surface area (Å²) in [5.41, 5.74) is 8.34. The lowest BCUT2D eigenvalue weighted by Crippen LogP contribution is -2.13. The lowest BCUT2D eigenvalue weighted by molar-refractivity contribution is 0.590. The van der Waals surface area contributed by atoms with Crippen LogP contribution in [0.1, 0.15) is 36.9 Å². The van der Waals surface area contributed by atoms with Crippen LogP contribution in [0.15, 0.2) is 6.20 Å². The van der Waals surface area contributed by atoms with Crippen molar-refractivity contribution >= 4 is 0 Å². The summed E-state index contributed by atoms with van der Waals surface area (Å²) in [4.78, 5) is 0. The van der Waals surface area contributed by atoms with Gasteiger partial charge in [-0.05, 0) is 37.3 Å². The van der Waals surface area contributed by atoms with Crippen molar-refractivity contribution in [3.63, 3.8) is 0 Å². The van der Waals surface area contributed by atoms with E-state index in [0.29, 0.717) is 5.92 Å². The quantitative estimate of drug-likeness (QED) is 0.734. The average Bonchev–Trinajstić information content (AvgIpc) is 2.88. The first-order chi connectivity index (χ1) is 6.31. The first kappa shape index (κ1) is 8.75. The number of nitrogens with two attached hydrogens (primary N) is 1. The Kier molecular flexibility index (Phi) is 2.36. The summed E-state index contributed by atoms with van der Waals surface area (Å²) < 4.78 is 0. The summed E-state index contributed by atoms with van der Waals surface area (Å²) in [6.45, 7) is 2.94. The van der Waals surface area contributed by atoms with Gasteiger partial charge in [-0.3, -0.25) is 5.10 Å². The van der Waals surface area contributed by atoms with Gasteiger partial charge in [0.25, 0.3) is 0 Å². The summed E-state index contributed by atoms with van der Waals surface area (Å²) in [7, 11) is 0. The van der Waals surface area contributed by atoms with Crippen LogP contribution < -0.4 is 5.73 Å². The van der Waals surface area contributed by atoms with Crippen LogP contribution in [0.2, 0.25) is 0 Å². The van der Waals surface area contributed by atoms with Gasteiger partial charge in [-0.1, -0.05) is 6.92 Å². The van der Waals surface area contributed by atoms with E-state index in [-0.39, 0.29) is 0 Å². The Morgan fingerprint density at radius 3 is 3.08 bits per heavy atom. The number of aromatic nitrogens is 2. The van der Waals surface area contributed by atoms with E-state index in [0.717, 1.165) is 18.9 Å². The lowest BCUT2D eigenvalue weighted by Gasteiger charge is -2.07. The maximum Gasteiger partial charge on any atom is 0.0522 e. The molecule has 0 aliphatic heterocycles. The second-order valence-electron chi connectivity index (χ2n) is 4.13. The SMILES string of the molecule is CC(CN)Cc1cn[nH]c1C1CC1. The van der Waals surface area contributed by atoms with Gasteiger partial charge in [0.2, 0.25) is 0 Å². The Bertz CT molecular complexity index is 275. The normalized spacial score (nSPS) is 18.9. The maximum atomic E-state index is 5.60. The van der Waals surface area contributed by atoms with E-state index in [2.05, 4.69) is 17.1 Å². The molecule has 3 N–H and O–H groups in total. The molecule has 3 nitrogen and oxygen atoms in total. The molecule has 0 saturated heterocycles. The number of rotatable bonds is 4. The number of hydrogen-bond donors (Lipinski definition) is 2. The lowest BCUT2D eigenvalue weighted by atomic mass is 10.0. The second-order valence-corrected chi connectivity index (χ2v) is 4.13. The third kappa shape index (κ3) is 1.91. The Morgan fingerprint density at radius 2 is 2.46 bits per heavy atom. The van der Waals surface area contributed by atoms with Crippen LogP contribution in [0.5, 0.6) is 0 Å². The zero-order valence-electron chi connectivity index (χ0n) is 8.09. The van der Waals surface area contributed by atoms with Crippen LogP contribution in [-0.4, -0.2) is 16.7 Å². The highest BCUT2D eigenvalue weighted by Crippen LogP contribution is 2.40. The third-order valence-electron chi connectivity index (χ3n) is 2.71. The van der Waals surface area contributed by atoms with Crippen molar-refractivity contribution in [1.29, 1.82) is 0 Å². The maximum absolute atomic E-state index is 5.60. The van der Waals surface area contributed by atoms with Gasteiger partial charge in [0.05, 0.1) is 6.20 Å². The average molecular weight is 179 g/mol. The molecule has 1 aliphatic carbocycles. The molecule has 1 atom stereocenters. The van der Waals surface area contributed by atoms with Gasteiger partial charge in [0, 0.05) is 11.6 Å². The Balaban J connectivity index is 2.05. The van der Waals surface area contributed by atoms with Crippen molar-refractivity contribution in [1.82, 2.24) is 10.2 Å². The van der Waals surface area contributed by atoms with Crippen LogP contribution in [0, 0.1) is 5.92 Å². The van der Waals surface area contributed by atoms with Gasteiger partial charge >= 0.3 is 0 Å². The highest BCUT2D eigenvalue weighted by Gasteiger charge is 2.27. The van der Waals surface area contributed by atoms with E-state index in [1.807, 2.05) is 6.20 Å². The van der Waals surface area contributed by atoms with Crippen molar-refractivity contribution in [2.24, 2.45) is 11.7 Å². The van der Waals surface area contributed by atoms with Gasteiger partial charge in [-0.25, -0.2) is 0 Å². The molecular formula is C10H17N3. The van der Waals surface area contributed by atoms with Gasteiger partial charge in [0.15, 0.2) is 0 Å². The minimum Gasteiger partial charge on any atom is -0.330 e. The summed E-state index contributed by atoms with van der Waals surface area (Å²) in [5, 5.41) is 7.21. The molecule has 1 fully saturated rings. The highest BCUT2D eigenvalue weighted by molar-refractivity contribution is 5.24. The Hall–Kier alpha value is -0.830. The topological polar surface area (TPSA) is 54.7 Å². The number of H-pyrrole nitrogens is 1. The largest absolute Gasteiger partial charge is 0.330 e. The van der Waals surface area contributed by atoms with Crippen LogP contribution in [0.4, 0.5) is 0 Å². The van der Waals surface area contributed by atoms with Gasteiger partial charge in [-0.15, -0.1) is 0 Å². The van der Waals surface area contributed by atoms with Gasteiger partial charge < -0.3 is 5.73 Å². The minimum absolute atomic E-state index is 0.565. The molecule has 1 heterocycles. The Morgan fingerprint density at radius 1 is 1.69 bits per heavy atom. The fourth-order valence-corrected chi connectivity index (χ4v) is 1.67. The fraction of sp³-hybridized carbons (Fsp3) is 0.700. The van der Waals surface area contributed by atoms with E-state index < -0.39 is 0 Å². The molecule has 13 heavy (non-hydrogen) atoms. The smallest absolute Gasteiger partial charge is 0.0522 e. The van der Waals surface area contributed by atoms with Crippen LogP contribution in [0.3, 0.4) is 0 Å². The molecule has 0 bridgehead atoms. The molecule has 0 radical (unpaired) electrons. The molecule has 3 heteroatoms. The molecule has 0 aromatic carbocycles. The van der Waals surface area contributed by atoms with Crippen molar-refractivity contribution in [2.75, 3.05) is 6.54 Å². The van der Waals surface area contributed by atoms with Crippen LogP contribution in [-0.2, 0) is 6.42 Å². The zero-order valence-corrected chi connectivity index (χ0v) is 8.09. The van der Waals surface area contributed by atoms with Crippen molar-refractivity contribution in [3.8, 4) is 0 Å².